The maximum absolute atomic E-state index is 12.5. The molecule has 1 aliphatic rings. The summed E-state index contributed by atoms with van der Waals surface area (Å²) in [5.41, 5.74) is 6.53. The summed E-state index contributed by atoms with van der Waals surface area (Å²) in [5, 5.41) is 3.00. The average Bonchev–Trinajstić information content (AvgIpc) is 2.55. The Hall–Kier alpha value is -2.08. The van der Waals surface area contributed by atoms with E-state index in [2.05, 4.69) is 5.32 Å². The van der Waals surface area contributed by atoms with E-state index >= 15 is 0 Å². The van der Waals surface area contributed by atoms with Gasteiger partial charge in [0.05, 0.1) is 13.5 Å². The number of piperidine rings is 1. The van der Waals surface area contributed by atoms with Gasteiger partial charge in [0.15, 0.2) is 0 Å². The van der Waals surface area contributed by atoms with Crippen molar-refractivity contribution < 1.29 is 14.3 Å². The number of carbonyl (C=O) groups is 2. The van der Waals surface area contributed by atoms with Crippen molar-refractivity contribution in [1.82, 2.24) is 10.2 Å². The quantitative estimate of drug-likeness (QED) is 0.816. The zero-order valence-electron chi connectivity index (χ0n) is 14.5. The third kappa shape index (κ3) is 5.23. The second kappa shape index (κ2) is 8.68. The molecule has 0 aromatic heterocycles. The minimum atomic E-state index is -0.132. The van der Waals surface area contributed by atoms with Gasteiger partial charge in [0.25, 0.3) is 0 Å². The van der Waals surface area contributed by atoms with E-state index in [0.717, 1.165) is 24.2 Å². The van der Waals surface area contributed by atoms with Crippen molar-refractivity contribution in [1.29, 1.82) is 0 Å². The zero-order valence-corrected chi connectivity index (χ0v) is 14.5. The van der Waals surface area contributed by atoms with E-state index < -0.39 is 0 Å². The van der Waals surface area contributed by atoms with E-state index in [1.165, 1.54) is 0 Å². The smallest absolute Gasteiger partial charge is 0.227 e. The summed E-state index contributed by atoms with van der Waals surface area (Å²) in [6.07, 6.45) is 2.24. The Kier molecular flexibility index (Phi) is 6.61. The average molecular weight is 333 g/mol. The SMILES string of the molecule is COc1ccccc1CC(=O)N1CCC(NC(=O)CC(C)N)CC1. The lowest BCUT2D eigenvalue weighted by Crippen LogP contribution is -2.47. The highest BCUT2D eigenvalue weighted by molar-refractivity contribution is 5.80. The standard InChI is InChI=1S/C18H27N3O3/c1-13(19)11-17(22)20-15-7-9-21(10-8-15)18(23)12-14-5-3-4-6-16(14)24-2/h3-6,13,15H,7-12,19H2,1-2H3,(H,20,22). The minimum absolute atomic E-state index is 0.0104. The first kappa shape index (κ1) is 18.3. The Morgan fingerprint density at radius 1 is 1.33 bits per heavy atom. The van der Waals surface area contributed by atoms with Crippen molar-refractivity contribution in [3.63, 3.8) is 0 Å². The monoisotopic (exact) mass is 333 g/mol. The molecule has 1 heterocycles. The van der Waals surface area contributed by atoms with Crippen molar-refractivity contribution in [3.05, 3.63) is 29.8 Å². The number of benzene rings is 1. The molecular weight excluding hydrogens is 306 g/mol. The number of methoxy groups -OCH3 is 1. The Morgan fingerprint density at radius 2 is 2.00 bits per heavy atom. The predicted octanol–water partition coefficient (Wildman–Crippen LogP) is 1.08. The van der Waals surface area contributed by atoms with Crippen LogP contribution in [0.1, 0.15) is 31.7 Å². The van der Waals surface area contributed by atoms with Gasteiger partial charge in [0.2, 0.25) is 11.8 Å². The summed E-state index contributed by atoms with van der Waals surface area (Å²) in [6.45, 7) is 3.15. The van der Waals surface area contributed by atoms with Crippen molar-refractivity contribution in [2.24, 2.45) is 5.73 Å². The molecule has 6 heteroatoms. The third-order valence-electron chi connectivity index (χ3n) is 4.25. The summed E-state index contributed by atoms with van der Waals surface area (Å²) < 4.78 is 5.30. The topological polar surface area (TPSA) is 84.7 Å². The maximum Gasteiger partial charge on any atom is 0.227 e. The van der Waals surface area contributed by atoms with Crippen molar-refractivity contribution in [2.45, 2.75) is 44.7 Å². The fraction of sp³-hybridized carbons (Fsp3) is 0.556. The van der Waals surface area contributed by atoms with Crippen LogP contribution in [0.3, 0.4) is 0 Å². The molecule has 0 radical (unpaired) electrons. The lowest BCUT2D eigenvalue weighted by atomic mass is 10.0. The molecule has 0 saturated carbocycles. The maximum atomic E-state index is 12.5. The molecular formula is C18H27N3O3. The number of rotatable bonds is 6. The number of hydrogen-bond acceptors (Lipinski definition) is 4. The van der Waals surface area contributed by atoms with Gasteiger partial charge in [0, 0.05) is 37.2 Å². The van der Waals surface area contributed by atoms with Gasteiger partial charge in [-0.25, -0.2) is 0 Å². The summed E-state index contributed by atoms with van der Waals surface area (Å²) in [5.74, 6) is 0.826. The van der Waals surface area contributed by atoms with E-state index in [-0.39, 0.29) is 23.9 Å². The van der Waals surface area contributed by atoms with Crippen LogP contribution in [0, 0.1) is 0 Å². The number of para-hydroxylation sites is 1. The summed E-state index contributed by atoms with van der Waals surface area (Å²) >= 11 is 0. The molecule has 1 fully saturated rings. The highest BCUT2D eigenvalue weighted by Crippen LogP contribution is 2.20. The Bertz CT molecular complexity index is 566. The first-order chi connectivity index (χ1) is 11.5. The molecule has 1 saturated heterocycles. The van der Waals surface area contributed by atoms with Gasteiger partial charge in [-0.15, -0.1) is 0 Å². The molecule has 1 aromatic rings. The number of hydrogen-bond donors (Lipinski definition) is 2. The van der Waals surface area contributed by atoms with E-state index in [0.29, 0.717) is 25.9 Å². The first-order valence-electron chi connectivity index (χ1n) is 8.44. The molecule has 1 aliphatic heterocycles. The molecule has 6 nitrogen and oxygen atoms in total. The zero-order chi connectivity index (χ0) is 17.5. The number of nitrogens with one attached hydrogen (secondary N) is 1. The van der Waals surface area contributed by atoms with Gasteiger partial charge < -0.3 is 20.7 Å². The highest BCUT2D eigenvalue weighted by Gasteiger charge is 2.24. The van der Waals surface area contributed by atoms with Gasteiger partial charge in [-0.1, -0.05) is 18.2 Å². The van der Waals surface area contributed by atoms with Crippen LogP contribution in [0.4, 0.5) is 0 Å². The number of likely N-dealkylation sites (tertiary alicyclic amines) is 1. The van der Waals surface area contributed by atoms with E-state index in [1.807, 2.05) is 36.1 Å². The lowest BCUT2D eigenvalue weighted by molar-refractivity contribution is -0.131. The number of nitrogens with zero attached hydrogens (tertiary/aromatic N) is 1. The summed E-state index contributed by atoms with van der Waals surface area (Å²) in [7, 11) is 1.61. The molecule has 0 aliphatic carbocycles. The third-order valence-corrected chi connectivity index (χ3v) is 4.25. The molecule has 1 unspecified atom stereocenters. The molecule has 2 rings (SSSR count). The number of nitrogens with two attached hydrogens (primary N) is 1. The van der Waals surface area contributed by atoms with E-state index in [4.69, 9.17) is 10.5 Å². The van der Waals surface area contributed by atoms with Crippen LogP contribution in [-0.4, -0.2) is 49.0 Å². The Balaban J connectivity index is 1.81. The van der Waals surface area contributed by atoms with Gasteiger partial charge >= 0.3 is 0 Å². The Labute approximate surface area is 143 Å². The predicted molar refractivity (Wildman–Crippen MR) is 92.7 cm³/mol. The molecule has 132 valence electrons. The fourth-order valence-electron chi connectivity index (χ4n) is 2.98. The van der Waals surface area contributed by atoms with Crippen LogP contribution in [-0.2, 0) is 16.0 Å². The lowest BCUT2D eigenvalue weighted by Gasteiger charge is -2.32. The normalized spacial score (nSPS) is 16.5. The summed E-state index contributed by atoms with van der Waals surface area (Å²) in [6, 6.07) is 7.58. The molecule has 0 spiro atoms. The Morgan fingerprint density at radius 3 is 2.62 bits per heavy atom. The second-order valence-corrected chi connectivity index (χ2v) is 6.39. The number of ether oxygens (including phenoxy) is 1. The fourth-order valence-corrected chi connectivity index (χ4v) is 2.98. The minimum Gasteiger partial charge on any atom is -0.496 e. The van der Waals surface area contributed by atoms with Crippen LogP contribution < -0.4 is 15.8 Å². The van der Waals surface area contributed by atoms with Crippen molar-refractivity contribution in [3.8, 4) is 5.75 Å². The summed E-state index contributed by atoms with van der Waals surface area (Å²) in [4.78, 5) is 26.1. The molecule has 1 atom stereocenters. The van der Waals surface area contributed by atoms with Crippen LogP contribution in [0.15, 0.2) is 24.3 Å². The van der Waals surface area contributed by atoms with Gasteiger partial charge in [-0.05, 0) is 25.8 Å². The number of carbonyl (C=O) groups excluding carboxylic acids is 2. The van der Waals surface area contributed by atoms with Crippen LogP contribution in [0.5, 0.6) is 5.75 Å². The highest BCUT2D eigenvalue weighted by atomic mass is 16.5. The molecule has 24 heavy (non-hydrogen) atoms. The second-order valence-electron chi connectivity index (χ2n) is 6.39. The first-order valence-corrected chi connectivity index (χ1v) is 8.44. The van der Waals surface area contributed by atoms with E-state index in [1.54, 1.807) is 7.11 Å². The molecule has 3 N–H and O–H groups in total. The van der Waals surface area contributed by atoms with Crippen LogP contribution in [0.25, 0.3) is 0 Å². The van der Waals surface area contributed by atoms with Crippen molar-refractivity contribution >= 4 is 11.8 Å². The molecule has 2 amide bonds. The largest absolute Gasteiger partial charge is 0.496 e. The van der Waals surface area contributed by atoms with Gasteiger partial charge in [0.1, 0.15) is 5.75 Å². The van der Waals surface area contributed by atoms with Crippen molar-refractivity contribution in [2.75, 3.05) is 20.2 Å². The van der Waals surface area contributed by atoms with Gasteiger partial charge in [-0.3, -0.25) is 9.59 Å². The number of amides is 2. The van der Waals surface area contributed by atoms with Crippen LogP contribution >= 0.6 is 0 Å². The van der Waals surface area contributed by atoms with Crippen LogP contribution in [0.2, 0.25) is 0 Å². The molecule has 1 aromatic carbocycles. The van der Waals surface area contributed by atoms with Gasteiger partial charge in [-0.2, -0.15) is 0 Å². The molecule has 0 bridgehead atoms. The van der Waals surface area contributed by atoms with E-state index in [9.17, 15) is 9.59 Å².